The number of amides is 1. The molecule has 0 atom stereocenters. The monoisotopic (exact) mass is 366 g/mol. The van der Waals surface area contributed by atoms with E-state index in [-0.39, 0.29) is 17.0 Å². The minimum Gasteiger partial charge on any atom is -0.490 e. The highest BCUT2D eigenvalue weighted by molar-refractivity contribution is 6.04. The molecule has 0 saturated carbocycles. The van der Waals surface area contributed by atoms with Gasteiger partial charge in [-0.1, -0.05) is 29.8 Å². The summed E-state index contributed by atoms with van der Waals surface area (Å²) in [4.78, 5) is 22.9. The molecule has 8 nitrogen and oxygen atoms in total. The van der Waals surface area contributed by atoms with Gasteiger partial charge in [0.05, 0.1) is 30.5 Å². The van der Waals surface area contributed by atoms with Gasteiger partial charge in [0, 0.05) is 17.8 Å². The van der Waals surface area contributed by atoms with Crippen molar-refractivity contribution in [3.63, 3.8) is 0 Å². The summed E-state index contributed by atoms with van der Waals surface area (Å²) in [5.41, 5.74) is 2.67. The van der Waals surface area contributed by atoms with Gasteiger partial charge in [0.1, 0.15) is 0 Å². The van der Waals surface area contributed by atoms with E-state index in [2.05, 4.69) is 10.4 Å². The Hall–Kier alpha value is -3.68. The molecule has 0 radical (unpaired) electrons. The predicted molar refractivity (Wildman–Crippen MR) is 100 cm³/mol. The lowest BCUT2D eigenvalue weighted by atomic mass is 10.1. The van der Waals surface area contributed by atoms with Gasteiger partial charge in [0.15, 0.2) is 5.75 Å². The predicted octanol–water partition coefficient (Wildman–Crippen LogP) is 3.41. The molecule has 0 aliphatic carbocycles. The lowest BCUT2D eigenvalue weighted by molar-refractivity contribution is -0.385. The third-order valence-corrected chi connectivity index (χ3v) is 3.99. The summed E-state index contributed by atoms with van der Waals surface area (Å²) in [5.74, 6) is -0.363. The second-order valence-corrected chi connectivity index (χ2v) is 6.01. The molecule has 0 bridgehead atoms. The topological polar surface area (TPSA) is 99.3 Å². The zero-order valence-electron chi connectivity index (χ0n) is 14.9. The summed E-state index contributed by atoms with van der Waals surface area (Å²) >= 11 is 0. The van der Waals surface area contributed by atoms with Crippen LogP contribution < -0.4 is 10.1 Å². The lowest BCUT2D eigenvalue weighted by Gasteiger charge is -2.05. The fourth-order valence-corrected chi connectivity index (χ4v) is 2.57. The van der Waals surface area contributed by atoms with Gasteiger partial charge in [-0.25, -0.2) is 0 Å². The summed E-state index contributed by atoms with van der Waals surface area (Å²) in [5, 5.41) is 18.0. The number of methoxy groups -OCH3 is 1. The van der Waals surface area contributed by atoms with Crippen molar-refractivity contribution in [2.45, 2.75) is 13.5 Å². The van der Waals surface area contributed by atoms with Crippen molar-refractivity contribution < 1.29 is 14.5 Å². The van der Waals surface area contributed by atoms with Crippen LogP contribution in [0, 0.1) is 17.0 Å². The normalized spacial score (nSPS) is 10.4. The molecule has 27 heavy (non-hydrogen) atoms. The Kier molecular flexibility index (Phi) is 5.16. The number of benzene rings is 2. The van der Waals surface area contributed by atoms with E-state index in [0.29, 0.717) is 12.2 Å². The van der Waals surface area contributed by atoms with Gasteiger partial charge in [-0.3, -0.25) is 19.6 Å². The number of hydrogen-bond donors (Lipinski definition) is 1. The molecule has 8 heteroatoms. The van der Waals surface area contributed by atoms with Crippen LogP contribution in [0.25, 0.3) is 0 Å². The van der Waals surface area contributed by atoms with Gasteiger partial charge < -0.3 is 10.1 Å². The highest BCUT2D eigenvalue weighted by Gasteiger charge is 2.18. The molecule has 138 valence electrons. The molecule has 0 aliphatic rings. The van der Waals surface area contributed by atoms with Crippen LogP contribution in [0.2, 0.25) is 0 Å². The maximum Gasteiger partial charge on any atom is 0.311 e. The molecule has 3 rings (SSSR count). The molecule has 1 heterocycles. The maximum atomic E-state index is 12.4. The van der Waals surface area contributed by atoms with Crippen LogP contribution >= 0.6 is 0 Å². The van der Waals surface area contributed by atoms with Gasteiger partial charge in [0.2, 0.25) is 0 Å². The molecule has 2 aromatic carbocycles. The van der Waals surface area contributed by atoms with E-state index in [1.54, 1.807) is 10.9 Å². The number of nitrogens with zero attached hydrogens (tertiary/aromatic N) is 3. The summed E-state index contributed by atoms with van der Waals surface area (Å²) in [7, 11) is 1.34. The third-order valence-electron chi connectivity index (χ3n) is 3.99. The van der Waals surface area contributed by atoms with Crippen molar-refractivity contribution in [3.8, 4) is 5.75 Å². The number of carbonyl (C=O) groups excluding carboxylic acids is 1. The Morgan fingerprint density at radius 2 is 2.00 bits per heavy atom. The quantitative estimate of drug-likeness (QED) is 0.532. The Balaban J connectivity index is 1.71. The molecule has 0 fully saturated rings. The Labute approximate surface area is 155 Å². The average molecular weight is 366 g/mol. The number of carbonyl (C=O) groups is 1. The van der Waals surface area contributed by atoms with E-state index < -0.39 is 10.8 Å². The van der Waals surface area contributed by atoms with Crippen molar-refractivity contribution in [2.75, 3.05) is 12.4 Å². The minimum atomic E-state index is -0.588. The largest absolute Gasteiger partial charge is 0.490 e. The molecule has 1 aromatic heterocycles. The van der Waals surface area contributed by atoms with Crippen molar-refractivity contribution >= 4 is 17.3 Å². The van der Waals surface area contributed by atoms with Crippen molar-refractivity contribution in [2.24, 2.45) is 0 Å². The fraction of sp³-hybridized carbons (Fsp3) is 0.158. The number of ether oxygens (including phenoxy) is 1. The van der Waals surface area contributed by atoms with Crippen LogP contribution in [-0.4, -0.2) is 27.7 Å². The van der Waals surface area contributed by atoms with Crippen LogP contribution in [0.1, 0.15) is 21.5 Å². The van der Waals surface area contributed by atoms with E-state index in [1.807, 2.05) is 31.2 Å². The van der Waals surface area contributed by atoms with Crippen molar-refractivity contribution in [1.29, 1.82) is 0 Å². The molecular weight excluding hydrogens is 348 g/mol. The molecule has 0 spiro atoms. The molecule has 0 saturated heterocycles. The number of hydrogen-bond acceptors (Lipinski definition) is 5. The molecule has 1 N–H and O–H groups in total. The summed E-state index contributed by atoms with van der Waals surface area (Å²) in [6, 6.07) is 12.1. The molecule has 1 amide bonds. The second kappa shape index (κ2) is 7.69. The lowest BCUT2D eigenvalue weighted by Crippen LogP contribution is -2.12. The van der Waals surface area contributed by atoms with Gasteiger partial charge in [-0.15, -0.1) is 0 Å². The first-order chi connectivity index (χ1) is 13.0. The number of aromatic nitrogens is 2. The first-order valence-electron chi connectivity index (χ1n) is 8.18. The summed E-state index contributed by atoms with van der Waals surface area (Å²) in [6.45, 7) is 2.60. The minimum absolute atomic E-state index is 0.0995. The Morgan fingerprint density at radius 1 is 1.26 bits per heavy atom. The van der Waals surface area contributed by atoms with E-state index in [0.717, 1.165) is 5.56 Å². The fourth-order valence-electron chi connectivity index (χ4n) is 2.57. The van der Waals surface area contributed by atoms with E-state index in [9.17, 15) is 14.9 Å². The van der Waals surface area contributed by atoms with E-state index >= 15 is 0 Å². The molecule has 0 aliphatic heterocycles. The zero-order chi connectivity index (χ0) is 19.4. The highest BCUT2D eigenvalue weighted by Crippen LogP contribution is 2.27. The highest BCUT2D eigenvalue weighted by atomic mass is 16.6. The third kappa shape index (κ3) is 4.30. The molecular formula is C19H18N4O4. The van der Waals surface area contributed by atoms with Crippen LogP contribution in [0.5, 0.6) is 5.75 Å². The number of nitro benzene ring substituents is 1. The van der Waals surface area contributed by atoms with Crippen LogP contribution in [-0.2, 0) is 6.54 Å². The Bertz CT molecular complexity index is 980. The smallest absolute Gasteiger partial charge is 0.311 e. The maximum absolute atomic E-state index is 12.4. The Morgan fingerprint density at radius 3 is 2.67 bits per heavy atom. The number of nitro groups is 1. The van der Waals surface area contributed by atoms with Gasteiger partial charge in [0.25, 0.3) is 5.91 Å². The molecule has 3 aromatic rings. The summed E-state index contributed by atoms with van der Waals surface area (Å²) in [6.07, 6.45) is 3.24. The van der Waals surface area contributed by atoms with Crippen molar-refractivity contribution in [3.05, 3.63) is 81.7 Å². The number of nitrogens with one attached hydrogen (secondary N) is 1. The number of aryl methyl sites for hydroxylation is 1. The van der Waals surface area contributed by atoms with Gasteiger partial charge in [-0.05, 0) is 24.6 Å². The summed E-state index contributed by atoms with van der Waals surface area (Å²) < 4.78 is 6.65. The van der Waals surface area contributed by atoms with Crippen molar-refractivity contribution in [1.82, 2.24) is 9.78 Å². The number of rotatable bonds is 6. The standard InChI is InChI=1S/C19H18N4O4/c1-13-3-5-14(6-4-13)11-22-12-16(10-20-22)21-19(24)15-7-8-18(27-2)17(9-15)23(25)26/h3-10,12H,11H2,1-2H3,(H,21,24). The van der Waals surface area contributed by atoms with Gasteiger partial charge in [-0.2, -0.15) is 5.10 Å². The number of anilines is 1. The second-order valence-electron chi connectivity index (χ2n) is 6.01. The first-order valence-corrected chi connectivity index (χ1v) is 8.18. The average Bonchev–Trinajstić information content (AvgIpc) is 3.09. The van der Waals surface area contributed by atoms with E-state index in [4.69, 9.17) is 4.74 Å². The zero-order valence-corrected chi connectivity index (χ0v) is 14.9. The van der Waals surface area contributed by atoms with Crippen LogP contribution in [0.4, 0.5) is 11.4 Å². The van der Waals surface area contributed by atoms with Gasteiger partial charge >= 0.3 is 5.69 Å². The first kappa shape index (κ1) is 18.1. The van der Waals surface area contributed by atoms with E-state index in [1.165, 1.54) is 37.1 Å². The van der Waals surface area contributed by atoms with Crippen LogP contribution in [0.3, 0.4) is 0 Å². The van der Waals surface area contributed by atoms with Crippen LogP contribution in [0.15, 0.2) is 54.9 Å². The SMILES string of the molecule is COc1ccc(C(=O)Nc2cnn(Cc3ccc(C)cc3)c2)cc1[N+](=O)[O-]. The molecule has 0 unspecified atom stereocenters.